The van der Waals surface area contributed by atoms with Gasteiger partial charge >= 0.3 is 0 Å². The van der Waals surface area contributed by atoms with E-state index in [-0.39, 0.29) is 6.04 Å². The van der Waals surface area contributed by atoms with Crippen LogP contribution in [0.1, 0.15) is 33.6 Å². The van der Waals surface area contributed by atoms with Crippen molar-refractivity contribution >= 4 is 10.0 Å². The van der Waals surface area contributed by atoms with Gasteiger partial charge in [-0.1, -0.05) is 13.8 Å². The second-order valence-electron chi connectivity index (χ2n) is 4.08. The molecule has 0 N–H and O–H groups in total. The maximum atomic E-state index is 11.7. The fourth-order valence-electron chi connectivity index (χ4n) is 2.02. The molecule has 4 heteroatoms. The van der Waals surface area contributed by atoms with Gasteiger partial charge in [0.15, 0.2) is 0 Å². The van der Waals surface area contributed by atoms with Crippen LogP contribution in [0.25, 0.3) is 0 Å². The maximum absolute atomic E-state index is 11.7. The van der Waals surface area contributed by atoms with Crippen LogP contribution in [0.5, 0.6) is 0 Å². The zero-order valence-corrected chi connectivity index (χ0v) is 9.47. The smallest absolute Gasteiger partial charge is 0.212 e. The van der Waals surface area contributed by atoms with Crippen LogP contribution in [0, 0.1) is 5.92 Å². The zero-order valence-electron chi connectivity index (χ0n) is 8.66. The predicted molar refractivity (Wildman–Crippen MR) is 54.0 cm³/mol. The summed E-state index contributed by atoms with van der Waals surface area (Å²) in [5, 5.41) is 0. The van der Waals surface area contributed by atoms with E-state index >= 15 is 0 Å². The number of hydrogen-bond acceptors (Lipinski definition) is 2. The van der Waals surface area contributed by atoms with Crippen LogP contribution in [-0.4, -0.2) is 31.1 Å². The van der Waals surface area contributed by atoms with Crippen LogP contribution in [0.2, 0.25) is 0 Å². The predicted octanol–water partition coefficient (Wildman–Crippen LogP) is 1.46. The molecule has 1 saturated heterocycles. The molecule has 0 aromatic heterocycles. The Morgan fingerprint density at radius 3 is 2.38 bits per heavy atom. The van der Waals surface area contributed by atoms with Gasteiger partial charge in [0.2, 0.25) is 10.0 Å². The molecule has 0 aliphatic carbocycles. The van der Waals surface area contributed by atoms with Gasteiger partial charge < -0.3 is 0 Å². The van der Waals surface area contributed by atoms with Gasteiger partial charge in [-0.05, 0) is 25.7 Å². The molecule has 2 unspecified atom stereocenters. The van der Waals surface area contributed by atoms with Crippen LogP contribution >= 0.6 is 0 Å². The second-order valence-corrected chi connectivity index (χ2v) is 6.12. The van der Waals surface area contributed by atoms with Gasteiger partial charge in [-0.15, -0.1) is 0 Å². The average Bonchev–Trinajstić information content (AvgIpc) is 2.30. The fourth-order valence-corrected chi connectivity index (χ4v) is 3.89. The molecule has 1 aliphatic rings. The first kappa shape index (κ1) is 11.0. The van der Waals surface area contributed by atoms with E-state index in [9.17, 15) is 8.42 Å². The number of rotatable bonds is 3. The van der Waals surface area contributed by atoms with E-state index in [0.717, 1.165) is 6.42 Å². The lowest BCUT2D eigenvalue weighted by Gasteiger charge is -2.20. The summed E-state index contributed by atoms with van der Waals surface area (Å²) in [5.41, 5.74) is 0. The Morgan fingerprint density at radius 1 is 1.38 bits per heavy atom. The summed E-state index contributed by atoms with van der Waals surface area (Å²) in [5.74, 6) is 0.811. The van der Waals surface area contributed by atoms with Crippen molar-refractivity contribution in [3.05, 3.63) is 0 Å². The van der Waals surface area contributed by atoms with Crippen molar-refractivity contribution in [1.82, 2.24) is 4.31 Å². The van der Waals surface area contributed by atoms with Crippen LogP contribution in [-0.2, 0) is 10.0 Å². The lowest BCUT2D eigenvalue weighted by atomic mass is 10.1. The summed E-state index contributed by atoms with van der Waals surface area (Å²) in [4.78, 5) is 0. The van der Waals surface area contributed by atoms with Gasteiger partial charge in [-0.2, -0.15) is 4.31 Å². The summed E-state index contributed by atoms with van der Waals surface area (Å²) in [7, 11) is -2.96. The van der Waals surface area contributed by atoms with Crippen molar-refractivity contribution in [2.45, 2.75) is 39.7 Å². The van der Waals surface area contributed by atoms with Crippen LogP contribution < -0.4 is 0 Å². The zero-order chi connectivity index (χ0) is 10.1. The molecule has 1 aliphatic heterocycles. The molecule has 3 nitrogen and oxygen atoms in total. The molecule has 0 saturated carbocycles. The molecule has 0 aromatic rings. The summed E-state index contributed by atoms with van der Waals surface area (Å²) < 4.78 is 25.1. The Bertz CT molecular complexity index is 261. The second kappa shape index (κ2) is 3.96. The van der Waals surface area contributed by atoms with Crippen molar-refractivity contribution in [2.24, 2.45) is 5.92 Å². The number of hydrogen-bond donors (Lipinski definition) is 0. The molecule has 13 heavy (non-hydrogen) atoms. The molecule has 0 radical (unpaired) electrons. The highest BCUT2D eigenvalue weighted by atomic mass is 32.2. The van der Waals surface area contributed by atoms with E-state index in [4.69, 9.17) is 0 Å². The highest BCUT2D eigenvalue weighted by Crippen LogP contribution is 2.25. The summed E-state index contributed by atoms with van der Waals surface area (Å²) in [6, 6.07) is 0.201. The highest BCUT2D eigenvalue weighted by Gasteiger charge is 2.34. The van der Waals surface area contributed by atoms with Gasteiger partial charge in [-0.3, -0.25) is 0 Å². The minimum Gasteiger partial charge on any atom is -0.212 e. The van der Waals surface area contributed by atoms with Crippen molar-refractivity contribution in [3.63, 3.8) is 0 Å². The third-order valence-electron chi connectivity index (χ3n) is 2.55. The Morgan fingerprint density at radius 2 is 2.00 bits per heavy atom. The summed E-state index contributed by atoms with van der Waals surface area (Å²) >= 11 is 0. The molecule has 1 heterocycles. The molecule has 78 valence electrons. The normalized spacial score (nSPS) is 31.0. The Balaban J connectivity index is 2.72. The van der Waals surface area contributed by atoms with Crippen molar-refractivity contribution < 1.29 is 8.42 Å². The first-order valence-electron chi connectivity index (χ1n) is 4.97. The van der Waals surface area contributed by atoms with E-state index < -0.39 is 10.0 Å². The van der Waals surface area contributed by atoms with Crippen molar-refractivity contribution in [2.75, 3.05) is 12.3 Å². The third kappa shape index (κ3) is 2.44. The van der Waals surface area contributed by atoms with Crippen LogP contribution in [0.4, 0.5) is 0 Å². The average molecular weight is 205 g/mol. The van der Waals surface area contributed by atoms with Gasteiger partial charge in [0.25, 0.3) is 0 Å². The first-order valence-corrected chi connectivity index (χ1v) is 6.57. The first-order chi connectivity index (χ1) is 5.97. The molecular weight excluding hydrogens is 186 g/mol. The van der Waals surface area contributed by atoms with Crippen LogP contribution in [0.3, 0.4) is 0 Å². The maximum Gasteiger partial charge on any atom is 0.214 e. The Kier molecular flexibility index (Phi) is 3.35. The monoisotopic (exact) mass is 205 g/mol. The number of sulfonamides is 1. The minimum absolute atomic E-state index is 0.201. The topological polar surface area (TPSA) is 37.4 Å². The minimum atomic E-state index is -2.96. The summed E-state index contributed by atoms with van der Waals surface area (Å²) in [6.45, 7) is 6.72. The molecule has 0 spiro atoms. The molecule has 0 aromatic carbocycles. The largest absolute Gasteiger partial charge is 0.214 e. The van der Waals surface area contributed by atoms with E-state index in [1.54, 1.807) is 4.31 Å². The molecule has 0 amide bonds. The molecular formula is C9H19NO2S. The number of nitrogens with zero attached hydrogens (tertiary/aromatic N) is 1. The standard InChI is InChI=1S/C9H19NO2S/c1-4-5-13(11,12)10-7-8(2)6-9(10)3/h8-9H,4-7H2,1-3H3. The van der Waals surface area contributed by atoms with E-state index in [0.29, 0.717) is 24.6 Å². The third-order valence-corrected chi connectivity index (χ3v) is 4.69. The lowest BCUT2D eigenvalue weighted by molar-refractivity contribution is 0.405. The quantitative estimate of drug-likeness (QED) is 0.699. The van der Waals surface area contributed by atoms with Gasteiger partial charge in [0.1, 0.15) is 0 Å². The van der Waals surface area contributed by atoms with Crippen molar-refractivity contribution in [1.29, 1.82) is 0 Å². The Labute approximate surface area is 81.2 Å². The SMILES string of the molecule is CCCS(=O)(=O)N1CC(C)CC1C. The molecule has 2 atom stereocenters. The van der Waals surface area contributed by atoms with Crippen molar-refractivity contribution in [3.8, 4) is 0 Å². The molecule has 1 fully saturated rings. The lowest BCUT2D eigenvalue weighted by Crippen LogP contribution is -2.35. The van der Waals surface area contributed by atoms with Gasteiger partial charge in [0.05, 0.1) is 5.75 Å². The Hall–Kier alpha value is -0.0900. The van der Waals surface area contributed by atoms with E-state index in [1.807, 2.05) is 13.8 Å². The molecule has 1 rings (SSSR count). The fraction of sp³-hybridized carbons (Fsp3) is 1.00. The summed E-state index contributed by atoms with van der Waals surface area (Å²) in [6.07, 6.45) is 1.71. The van der Waals surface area contributed by atoms with Gasteiger partial charge in [0, 0.05) is 12.6 Å². The van der Waals surface area contributed by atoms with E-state index in [2.05, 4.69) is 6.92 Å². The molecule has 0 bridgehead atoms. The van der Waals surface area contributed by atoms with Crippen LogP contribution in [0.15, 0.2) is 0 Å². The van der Waals surface area contributed by atoms with Gasteiger partial charge in [-0.25, -0.2) is 8.42 Å². The highest BCUT2D eigenvalue weighted by molar-refractivity contribution is 7.89. The van der Waals surface area contributed by atoms with E-state index in [1.165, 1.54) is 0 Å².